The Balaban J connectivity index is 2.83. The molecule has 18 heavy (non-hydrogen) atoms. The van der Waals surface area contributed by atoms with Gasteiger partial charge in [0.25, 0.3) is 0 Å². The molecule has 0 unspecified atom stereocenters. The molecule has 0 fully saturated rings. The highest BCUT2D eigenvalue weighted by Crippen LogP contribution is 2.31. The Bertz CT molecular complexity index is 514. The van der Waals surface area contributed by atoms with Crippen molar-refractivity contribution in [1.29, 1.82) is 0 Å². The van der Waals surface area contributed by atoms with Crippen LogP contribution in [0.2, 0.25) is 5.02 Å². The zero-order valence-corrected chi connectivity index (χ0v) is 10.1. The molecule has 6 heteroatoms. The summed E-state index contributed by atoms with van der Waals surface area (Å²) < 4.78 is 37.1. The van der Waals surface area contributed by atoms with Crippen LogP contribution in [0.3, 0.4) is 0 Å². The fourth-order valence-electron chi connectivity index (χ4n) is 1.10. The number of halogens is 4. The first-order valence-corrected chi connectivity index (χ1v) is 5.28. The lowest BCUT2D eigenvalue weighted by Gasteiger charge is -2.07. The maximum atomic E-state index is 12.4. The molecule has 1 N–H and O–H groups in total. The molecule has 0 aromatic heterocycles. The molecule has 0 aliphatic carbocycles. The van der Waals surface area contributed by atoms with E-state index in [4.69, 9.17) is 11.6 Å². The zero-order valence-electron chi connectivity index (χ0n) is 9.36. The van der Waals surface area contributed by atoms with E-state index >= 15 is 0 Å². The molecular weight excluding hydrogens is 267 g/mol. The lowest BCUT2D eigenvalue weighted by Crippen LogP contribution is -2.19. The van der Waals surface area contributed by atoms with Gasteiger partial charge in [-0.25, -0.2) is 0 Å². The van der Waals surface area contributed by atoms with Gasteiger partial charge in [0.2, 0.25) is 5.91 Å². The Morgan fingerprint density at radius 1 is 1.44 bits per heavy atom. The summed E-state index contributed by atoms with van der Waals surface area (Å²) in [4.78, 5) is 10.5. The van der Waals surface area contributed by atoms with Gasteiger partial charge in [0.1, 0.15) is 0 Å². The molecule has 0 aliphatic rings. The Morgan fingerprint density at radius 2 is 2.11 bits per heavy atom. The summed E-state index contributed by atoms with van der Waals surface area (Å²) in [6.07, 6.45) is -4.42. The van der Waals surface area contributed by atoms with Crippen molar-refractivity contribution < 1.29 is 18.0 Å². The average molecular weight is 276 g/mol. The molecule has 0 radical (unpaired) electrons. The van der Waals surface area contributed by atoms with Gasteiger partial charge in [-0.15, -0.1) is 0 Å². The molecule has 0 saturated carbocycles. The highest BCUT2D eigenvalue weighted by Gasteiger charge is 2.30. The van der Waals surface area contributed by atoms with Crippen molar-refractivity contribution in [3.63, 3.8) is 0 Å². The number of alkyl halides is 3. The van der Waals surface area contributed by atoms with Crippen molar-refractivity contribution >= 4 is 17.5 Å². The molecule has 0 saturated heterocycles. The fraction of sp³-hybridized carbons (Fsp3) is 0.250. The van der Waals surface area contributed by atoms with Crippen molar-refractivity contribution in [2.24, 2.45) is 0 Å². The van der Waals surface area contributed by atoms with Gasteiger partial charge in [0.05, 0.1) is 17.1 Å². The number of rotatable bonds is 1. The van der Waals surface area contributed by atoms with Gasteiger partial charge in [-0.3, -0.25) is 4.79 Å². The van der Waals surface area contributed by atoms with Crippen LogP contribution < -0.4 is 5.32 Å². The lowest BCUT2D eigenvalue weighted by molar-refractivity contribution is -0.137. The largest absolute Gasteiger partial charge is 0.416 e. The van der Waals surface area contributed by atoms with Crippen molar-refractivity contribution in [2.45, 2.75) is 13.1 Å². The van der Waals surface area contributed by atoms with E-state index in [0.717, 1.165) is 12.1 Å². The molecule has 1 rings (SSSR count). The second-order valence-electron chi connectivity index (χ2n) is 3.40. The van der Waals surface area contributed by atoms with Gasteiger partial charge < -0.3 is 5.32 Å². The van der Waals surface area contributed by atoms with Gasteiger partial charge in [-0.05, 0) is 18.2 Å². The van der Waals surface area contributed by atoms with E-state index in [1.165, 1.54) is 13.0 Å². The SMILES string of the molecule is CC(=O)NCC#Cc1ccc(C(F)(F)F)cc1Cl. The van der Waals surface area contributed by atoms with Crippen LogP contribution in [0, 0.1) is 11.8 Å². The van der Waals surface area contributed by atoms with Gasteiger partial charge >= 0.3 is 6.18 Å². The molecule has 1 aromatic carbocycles. The summed E-state index contributed by atoms with van der Waals surface area (Å²) in [5.74, 6) is 4.93. The zero-order chi connectivity index (χ0) is 13.8. The maximum absolute atomic E-state index is 12.4. The van der Waals surface area contributed by atoms with E-state index in [1.807, 2.05) is 0 Å². The number of hydrogen-bond acceptors (Lipinski definition) is 1. The summed E-state index contributed by atoms with van der Waals surface area (Å²) in [6.45, 7) is 1.46. The van der Waals surface area contributed by atoms with Gasteiger partial charge in [-0.1, -0.05) is 23.4 Å². The van der Waals surface area contributed by atoms with Gasteiger partial charge in [-0.2, -0.15) is 13.2 Å². The molecule has 1 aromatic rings. The third-order valence-electron chi connectivity index (χ3n) is 1.95. The predicted molar refractivity (Wildman–Crippen MR) is 62.0 cm³/mol. The summed E-state index contributed by atoms with van der Waals surface area (Å²) >= 11 is 5.69. The number of carbonyl (C=O) groups is 1. The van der Waals surface area contributed by atoms with Gasteiger partial charge in [0, 0.05) is 12.5 Å². The van der Waals surface area contributed by atoms with E-state index in [0.29, 0.717) is 0 Å². The minimum atomic E-state index is -4.42. The molecule has 0 aliphatic heterocycles. The Hall–Kier alpha value is -1.67. The molecular formula is C12H9ClF3NO. The quantitative estimate of drug-likeness (QED) is 0.785. The number of carbonyl (C=O) groups excluding carboxylic acids is 1. The molecule has 0 heterocycles. The molecule has 96 valence electrons. The molecule has 0 spiro atoms. The van der Waals surface area contributed by atoms with Crippen molar-refractivity contribution in [2.75, 3.05) is 6.54 Å². The first kappa shape index (κ1) is 14.4. The van der Waals surface area contributed by atoms with Crippen LogP contribution in [0.15, 0.2) is 18.2 Å². The van der Waals surface area contributed by atoms with Crippen LogP contribution >= 0.6 is 11.6 Å². The normalized spacial score (nSPS) is 10.5. The topological polar surface area (TPSA) is 29.1 Å². The Kier molecular flexibility index (Phi) is 4.62. The van der Waals surface area contributed by atoms with Crippen LogP contribution in [0.4, 0.5) is 13.2 Å². The third-order valence-corrected chi connectivity index (χ3v) is 2.26. The molecule has 0 atom stereocenters. The minimum absolute atomic E-state index is 0.0693. The van der Waals surface area contributed by atoms with Crippen LogP contribution in [-0.2, 0) is 11.0 Å². The van der Waals surface area contributed by atoms with E-state index in [-0.39, 0.29) is 23.0 Å². The van der Waals surface area contributed by atoms with E-state index in [2.05, 4.69) is 17.2 Å². The van der Waals surface area contributed by atoms with Crippen LogP contribution in [-0.4, -0.2) is 12.5 Å². The van der Waals surface area contributed by atoms with E-state index in [1.54, 1.807) is 0 Å². The summed E-state index contributed by atoms with van der Waals surface area (Å²) in [7, 11) is 0. The lowest BCUT2D eigenvalue weighted by atomic mass is 10.1. The van der Waals surface area contributed by atoms with Crippen LogP contribution in [0.25, 0.3) is 0 Å². The smallest absolute Gasteiger partial charge is 0.345 e. The Morgan fingerprint density at radius 3 is 2.61 bits per heavy atom. The monoisotopic (exact) mass is 275 g/mol. The predicted octanol–water partition coefficient (Wildman–Crippen LogP) is 2.85. The van der Waals surface area contributed by atoms with Crippen molar-refractivity contribution in [3.8, 4) is 11.8 Å². The standard InChI is InChI=1S/C12H9ClF3NO/c1-8(18)17-6-2-3-9-4-5-10(7-11(9)13)12(14,15)16/h4-5,7H,6H2,1H3,(H,17,18). The van der Waals surface area contributed by atoms with Crippen molar-refractivity contribution in [1.82, 2.24) is 5.32 Å². The fourth-order valence-corrected chi connectivity index (χ4v) is 1.33. The molecule has 1 amide bonds. The van der Waals surface area contributed by atoms with Gasteiger partial charge in [0.15, 0.2) is 0 Å². The maximum Gasteiger partial charge on any atom is 0.416 e. The number of hydrogen-bond donors (Lipinski definition) is 1. The second kappa shape index (κ2) is 5.78. The van der Waals surface area contributed by atoms with Crippen LogP contribution in [0.5, 0.6) is 0 Å². The first-order chi connectivity index (χ1) is 8.30. The second-order valence-corrected chi connectivity index (χ2v) is 3.81. The first-order valence-electron chi connectivity index (χ1n) is 4.91. The summed E-state index contributed by atoms with van der Waals surface area (Å²) in [5.41, 5.74) is -0.532. The average Bonchev–Trinajstić information content (AvgIpc) is 2.24. The van der Waals surface area contributed by atoms with Crippen LogP contribution in [0.1, 0.15) is 18.1 Å². The summed E-state index contributed by atoms with van der Waals surface area (Å²) in [6, 6.07) is 2.93. The summed E-state index contributed by atoms with van der Waals surface area (Å²) in [5, 5.41) is 2.37. The van der Waals surface area contributed by atoms with E-state index < -0.39 is 11.7 Å². The molecule has 0 bridgehead atoms. The minimum Gasteiger partial charge on any atom is -0.345 e. The highest BCUT2D eigenvalue weighted by molar-refractivity contribution is 6.31. The highest BCUT2D eigenvalue weighted by atomic mass is 35.5. The van der Waals surface area contributed by atoms with E-state index in [9.17, 15) is 18.0 Å². The Labute approximate surface area is 107 Å². The number of amides is 1. The molecule has 2 nitrogen and oxygen atoms in total. The number of benzene rings is 1. The number of nitrogens with one attached hydrogen (secondary N) is 1. The third kappa shape index (κ3) is 4.30. The van der Waals surface area contributed by atoms with Crippen molar-refractivity contribution in [3.05, 3.63) is 34.3 Å².